The molecule has 2 aromatic rings. The van der Waals surface area contributed by atoms with Crippen molar-refractivity contribution >= 4 is 5.97 Å². The highest BCUT2D eigenvalue weighted by Crippen LogP contribution is 2.14. The van der Waals surface area contributed by atoms with Gasteiger partial charge in [-0.1, -0.05) is 17.7 Å². The average molecular weight is 260 g/mol. The maximum Gasteiger partial charge on any atom is 0.308 e. The van der Waals surface area contributed by atoms with E-state index in [2.05, 4.69) is 5.10 Å². The normalized spacial score (nSPS) is 10.7. The summed E-state index contributed by atoms with van der Waals surface area (Å²) in [7, 11) is 0. The van der Waals surface area contributed by atoms with E-state index in [1.807, 2.05) is 32.0 Å². The fraction of sp³-hybridized carbons (Fsp3) is 0.286. The van der Waals surface area contributed by atoms with Gasteiger partial charge in [-0.2, -0.15) is 0 Å². The number of aryl methyl sites for hydroxylation is 3. The molecule has 1 aromatic heterocycles. The average Bonchev–Trinajstić information content (AvgIpc) is 2.57. The summed E-state index contributed by atoms with van der Waals surface area (Å²) in [5, 5.41) is 11.8. The number of carbonyl (C=O) groups is 1. The minimum atomic E-state index is -1.01. The molecule has 5 nitrogen and oxygen atoms in total. The van der Waals surface area contributed by atoms with Gasteiger partial charge in [-0.25, -0.2) is 4.68 Å². The zero-order chi connectivity index (χ0) is 14.2. The van der Waals surface area contributed by atoms with E-state index in [1.165, 1.54) is 4.68 Å². The van der Waals surface area contributed by atoms with Crippen LogP contribution >= 0.6 is 0 Å². The fourth-order valence-electron chi connectivity index (χ4n) is 2.17. The summed E-state index contributed by atoms with van der Waals surface area (Å²) in [5.74, 6) is -1.01. The van der Waals surface area contributed by atoms with Crippen LogP contribution in [0, 0.1) is 20.8 Å². The molecule has 0 amide bonds. The number of nitrogens with zero attached hydrogens (tertiary/aromatic N) is 1. The lowest BCUT2D eigenvalue weighted by Gasteiger charge is -2.06. The highest BCUT2D eigenvalue weighted by atomic mass is 16.4. The maximum atomic E-state index is 12.2. The van der Waals surface area contributed by atoms with Gasteiger partial charge >= 0.3 is 5.97 Å². The number of nitrogens with one attached hydrogen (secondary N) is 1. The summed E-state index contributed by atoms with van der Waals surface area (Å²) >= 11 is 0. The van der Waals surface area contributed by atoms with Crippen LogP contribution < -0.4 is 5.56 Å². The largest absolute Gasteiger partial charge is 0.481 e. The predicted molar refractivity (Wildman–Crippen MR) is 71.9 cm³/mol. The van der Waals surface area contributed by atoms with E-state index in [0.717, 1.165) is 16.8 Å². The summed E-state index contributed by atoms with van der Waals surface area (Å²) in [5.41, 5.74) is 3.41. The van der Waals surface area contributed by atoms with Crippen LogP contribution in [0.15, 0.2) is 23.0 Å². The molecule has 0 aliphatic heterocycles. The van der Waals surface area contributed by atoms with Crippen LogP contribution in [0.4, 0.5) is 0 Å². The van der Waals surface area contributed by atoms with Crippen molar-refractivity contribution in [2.45, 2.75) is 27.2 Å². The van der Waals surface area contributed by atoms with E-state index in [9.17, 15) is 9.59 Å². The predicted octanol–water partition coefficient (Wildman–Crippen LogP) is 1.72. The van der Waals surface area contributed by atoms with Crippen LogP contribution in [0.25, 0.3) is 5.69 Å². The Morgan fingerprint density at radius 2 is 2.00 bits per heavy atom. The number of benzene rings is 1. The van der Waals surface area contributed by atoms with Gasteiger partial charge in [0.05, 0.1) is 17.7 Å². The molecule has 0 aliphatic rings. The monoisotopic (exact) mass is 260 g/mol. The first-order chi connectivity index (χ1) is 8.90. The summed E-state index contributed by atoms with van der Waals surface area (Å²) in [6.07, 6.45) is -0.265. The Bertz CT molecular complexity index is 695. The van der Waals surface area contributed by atoms with E-state index in [4.69, 9.17) is 5.11 Å². The van der Waals surface area contributed by atoms with E-state index in [-0.39, 0.29) is 12.0 Å². The van der Waals surface area contributed by atoms with Gasteiger partial charge in [-0.05, 0) is 32.4 Å². The van der Waals surface area contributed by atoms with E-state index in [0.29, 0.717) is 11.3 Å². The molecule has 2 rings (SSSR count). The first-order valence-corrected chi connectivity index (χ1v) is 6.00. The Morgan fingerprint density at radius 1 is 1.32 bits per heavy atom. The van der Waals surface area contributed by atoms with Crippen molar-refractivity contribution < 1.29 is 9.90 Å². The molecule has 0 unspecified atom stereocenters. The number of hydrogen-bond donors (Lipinski definition) is 2. The Labute approximate surface area is 110 Å². The second-order valence-corrected chi connectivity index (χ2v) is 4.72. The number of rotatable bonds is 3. The zero-order valence-electron chi connectivity index (χ0n) is 11.2. The van der Waals surface area contributed by atoms with Crippen molar-refractivity contribution in [3.05, 3.63) is 50.9 Å². The third-order valence-corrected chi connectivity index (χ3v) is 3.11. The number of carboxylic acids is 1. The van der Waals surface area contributed by atoms with Crippen molar-refractivity contribution in [1.82, 2.24) is 9.78 Å². The minimum Gasteiger partial charge on any atom is -0.481 e. The summed E-state index contributed by atoms with van der Waals surface area (Å²) in [6, 6.07) is 5.75. The van der Waals surface area contributed by atoms with Crippen LogP contribution in [-0.2, 0) is 11.2 Å². The van der Waals surface area contributed by atoms with E-state index < -0.39 is 5.97 Å². The molecule has 0 bridgehead atoms. The molecular formula is C14H16N2O3. The molecule has 100 valence electrons. The third-order valence-electron chi connectivity index (χ3n) is 3.11. The van der Waals surface area contributed by atoms with E-state index >= 15 is 0 Å². The number of hydrogen-bond acceptors (Lipinski definition) is 2. The Hall–Kier alpha value is -2.30. The lowest BCUT2D eigenvalue weighted by Crippen LogP contribution is -2.20. The van der Waals surface area contributed by atoms with Crippen LogP contribution in [0.2, 0.25) is 0 Å². The van der Waals surface area contributed by atoms with Gasteiger partial charge in [-0.3, -0.25) is 14.7 Å². The molecule has 0 spiro atoms. The SMILES string of the molecule is Cc1ccc(-n2[nH]c(C)c(CC(=O)O)c2=O)c(C)c1. The van der Waals surface area contributed by atoms with Gasteiger partial charge in [0.15, 0.2) is 0 Å². The second kappa shape index (κ2) is 4.76. The smallest absolute Gasteiger partial charge is 0.308 e. The molecule has 0 atom stereocenters. The Kier molecular flexibility index (Phi) is 3.29. The van der Waals surface area contributed by atoms with Crippen molar-refractivity contribution in [3.63, 3.8) is 0 Å². The molecule has 1 aromatic carbocycles. The number of aliphatic carboxylic acids is 1. The molecule has 19 heavy (non-hydrogen) atoms. The second-order valence-electron chi connectivity index (χ2n) is 4.72. The first-order valence-electron chi connectivity index (χ1n) is 6.00. The van der Waals surface area contributed by atoms with Gasteiger partial charge < -0.3 is 5.11 Å². The quantitative estimate of drug-likeness (QED) is 0.882. The van der Waals surface area contributed by atoms with Crippen molar-refractivity contribution in [3.8, 4) is 5.69 Å². The fourth-order valence-corrected chi connectivity index (χ4v) is 2.17. The lowest BCUT2D eigenvalue weighted by atomic mass is 10.1. The maximum absolute atomic E-state index is 12.2. The Balaban J connectivity index is 2.58. The van der Waals surface area contributed by atoms with Crippen LogP contribution in [0.5, 0.6) is 0 Å². The van der Waals surface area contributed by atoms with Crippen LogP contribution in [0.3, 0.4) is 0 Å². The number of H-pyrrole nitrogens is 1. The van der Waals surface area contributed by atoms with Gasteiger partial charge in [0, 0.05) is 5.69 Å². The van der Waals surface area contributed by atoms with Gasteiger partial charge in [0.2, 0.25) is 0 Å². The van der Waals surface area contributed by atoms with Gasteiger partial charge in [0.1, 0.15) is 0 Å². The van der Waals surface area contributed by atoms with Gasteiger partial charge in [0.25, 0.3) is 5.56 Å². The molecule has 1 heterocycles. The topological polar surface area (TPSA) is 75.1 Å². The molecule has 0 saturated carbocycles. The minimum absolute atomic E-state index is 0.265. The zero-order valence-corrected chi connectivity index (χ0v) is 11.2. The molecule has 0 saturated heterocycles. The van der Waals surface area contributed by atoms with Crippen molar-refractivity contribution in [2.75, 3.05) is 0 Å². The summed E-state index contributed by atoms with van der Waals surface area (Å²) < 4.78 is 1.41. The molecular weight excluding hydrogens is 244 g/mol. The number of carboxylic acid groups (broad SMARTS) is 1. The van der Waals surface area contributed by atoms with Crippen LogP contribution in [0.1, 0.15) is 22.4 Å². The number of aromatic amines is 1. The summed E-state index contributed by atoms with van der Waals surface area (Å²) in [4.78, 5) is 23.0. The molecule has 0 radical (unpaired) electrons. The van der Waals surface area contributed by atoms with Crippen molar-refractivity contribution in [2.24, 2.45) is 0 Å². The van der Waals surface area contributed by atoms with Crippen molar-refractivity contribution in [1.29, 1.82) is 0 Å². The lowest BCUT2D eigenvalue weighted by molar-refractivity contribution is -0.136. The Morgan fingerprint density at radius 3 is 2.58 bits per heavy atom. The highest BCUT2D eigenvalue weighted by molar-refractivity contribution is 5.70. The number of aromatic nitrogens is 2. The molecule has 2 N–H and O–H groups in total. The van der Waals surface area contributed by atoms with Gasteiger partial charge in [-0.15, -0.1) is 0 Å². The highest BCUT2D eigenvalue weighted by Gasteiger charge is 2.15. The van der Waals surface area contributed by atoms with E-state index in [1.54, 1.807) is 6.92 Å². The molecule has 0 aliphatic carbocycles. The molecule has 0 fully saturated rings. The first kappa shape index (κ1) is 13.1. The third kappa shape index (κ3) is 2.45. The molecule has 5 heteroatoms. The van der Waals surface area contributed by atoms with Crippen LogP contribution in [-0.4, -0.2) is 20.9 Å². The summed E-state index contributed by atoms with van der Waals surface area (Å²) in [6.45, 7) is 5.61. The standard InChI is InChI=1S/C14H16N2O3/c1-8-4-5-12(9(2)6-8)16-14(19)11(7-13(17)18)10(3)15-16/h4-6,15H,7H2,1-3H3,(H,17,18).